The lowest BCUT2D eigenvalue weighted by molar-refractivity contribution is 0.100. The Morgan fingerprint density at radius 2 is 2.00 bits per heavy atom. The largest absolute Gasteiger partial charge is 0.381 e. The third-order valence-corrected chi connectivity index (χ3v) is 7.96. The van der Waals surface area contributed by atoms with Crippen LogP contribution in [0.5, 0.6) is 0 Å². The van der Waals surface area contributed by atoms with Crippen LogP contribution >= 0.6 is 11.8 Å². The quantitative estimate of drug-likeness (QED) is 0.596. The lowest BCUT2D eigenvalue weighted by Gasteiger charge is -2.42. The van der Waals surface area contributed by atoms with Crippen LogP contribution in [0.15, 0.2) is 46.3 Å². The fraction of sp³-hybridized carbons (Fsp3) is 0.565. The number of hydrogen-bond donors (Lipinski definition) is 1. The summed E-state index contributed by atoms with van der Waals surface area (Å²) in [5.74, 6) is 0.871. The van der Waals surface area contributed by atoms with Gasteiger partial charge in [-0.25, -0.2) is 4.99 Å². The van der Waals surface area contributed by atoms with Gasteiger partial charge in [-0.15, -0.1) is 11.8 Å². The van der Waals surface area contributed by atoms with Crippen LogP contribution in [0, 0.1) is 5.41 Å². The molecule has 2 heterocycles. The Hall–Kier alpha value is -1.63. The summed E-state index contributed by atoms with van der Waals surface area (Å²) in [7, 11) is 0. The van der Waals surface area contributed by atoms with Gasteiger partial charge in [-0.1, -0.05) is 24.3 Å². The summed E-state index contributed by atoms with van der Waals surface area (Å²) in [6.45, 7) is 9.50. The summed E-state index contributed by atoms with van der Waals surface area (Å²) in [4.78, 5) is 11.3. The molecule has 0 saturated carbocycles. The maximum Gasteiger partial charge on any atom is 0.146 e. The Kier molecular flexibility index (Phi) is 6.42. The highest BCUT2D eigenvalue weighted by Gasteiger charge is 2.45. The number of piperidine rings is 1. The van der Waals surface area contributed by atoms with E-state index in [0.717, 1.165) is 69.3 Å². The highest BCUT2D eigenvalue weighted by Crippen LogP contribution is 2.50. The Balaban J connectivity index is 1.37. The molecule has 1 atom stereocenters. The van der Waals surface area contributed by atoms with Crippen molar-refractivity contribution in [2.45, 2.75) is 50.3 Å². The normalized spacial score (nSPS) is 25.3. The van der Waals surface area contributed by atoms with E-state index in [-0.39, 0.29) is 11.5 Å². The minimum atomic E-state index is 0.140. The third-order valence-electron chi connectivity index (χ3n) is 6.70. The summed E-state index contributed by atoms with van der Waals surface area (Å²) >= 11 is 1.86. The number of nitrogens with two attached hydrogens (primary N) is 1. The van der Waals surface area contributed by atoms with E-state index in [1.165, 1.54) is 11.1 Å². The molecular weight excluding hydrogens is 380 g/mol. The predicted molar refractivity (Wildman–Crippen MR) is 122 cm³/mol. The van der Waals surface area contributed by atoms with Gasteiger partial charge < -0.3 is 15.4 Å². The van der Waals surface area contributed by atoms with Crippen LogP contribution in [0.1, 0.15) is 49.8 Å². The first-order valence-corrected chi connectivity index (χ1v) is 11.5. The Bertz CT molecular complexity index is 792. The number of ether oxygens (including phenoxy) is 1. The van der Waals surface area contributed by atoms with Gasteiger partial charge >= 0.3 is 0 Å². The van der Waals surface area contributed by atoms with Gasteiger partial charge in [-0.2, -0.15) is 0 Å². The van der Waals surface area contributed by atoms with Gasteiger partial charge in [-0.3, -0.25) is 4.99 Å². The summed E-state index contributed by atoms with van der Waals surface area (Å²) in [6, 6.07) is 8.81. The third kappa shape index (κ3) is 4.44. The van der Waals surface area contributed by atoms with Crippen LogP contribution < -0.4 is 5.73 Å². The smallest absolute Gasteiger partial charge is 0.146 e. The molecule has 0 unspecified atom stereocenters. The van der Waals surface area contributed by atoms with E-state index < -0.39 is 0 Å². The topological polar surface area (TPSA) is 63.2 Å². The molecule has 3 aliphatic rings. The molecule has 29 heavy (non-hydrogen) atoms. The molecule has 6 heteroatoms. The first kappa shape index (κ1) is 20.6. The number of rotatable bonds is 4. The maximum atomic E-state index is 6.69. The summed E-state index contributed by atoms with van der Waals surface area (Å²) in [6.07, 6.45) is 7.34. The summed E-state index contributed by atoms with van der Waals surface area (Å²) < 4.78 is 5.44. The predicted octanol–water partition coefficient (Wildman–Crippen LogP) is 4.15. The average molecular weight is 413 g/mol. The zero-order chi connectivity index (χ0) is 20.3. The van der Waals surface area contributed by atoms with Gasteiger partial charge in [0.05, 0.1) is 11.2 Å². The van der Waals surface area contributed by atoms with Crippen molar-refractivity contribution in [3.05, 3.63) is 47.4 Å². The number of hydrogen-bond acceptors (Lipinski definition) is 6. The minimum absolute atomic E-state index is 0.140. The zero-order valence-corrected chi connectivity index (χ0v) is 18.2. The SMILES string of the molecule is C=N/C(=C\N=C(/C)SC1CCOCC1)N1CCC2(CC1)Cc1ccccc1[C@H]2N. The number of fused-ring (bicyclic) bond motifs is 1. The van der Waals surface area contributed by atoms with Crippen molar-refractivity contribution in [2.75, 3.05) is 26.3 Å². The molecule has 5 nitrogen and oxygen atoms in total. The second-order valence-electron chi connectivity index (χ2n) is 8.43. The molecule has 156 valence electrons. The van der Waals surface area contributed by atoms with Crippen LogP contribution in [0.25, 0.3) is 0 Å². The summed E-state index contributed by atoms with van der Waals surface area (Å²) in [5, 5.41) is 1.70. The van der Waals surface area contributed by atoms with Crippen LogP contribution in [0.3, 0.4) is 0 Å². The van der Waals surface area contributed by atoms with Crippen molar-refractivity contribution in [1.29, 1.82) is 0 Å². The molecule has 4 rings (SSSR count). The monoisotopic (exact) mass is 412 g/mol. The molecule has 1 aromatic rings. The maximum absolute atomic E-state index is 6.69. The van der Waals surface area contributed by atoms with Gasteiger partial charge in [0.2, 0.25) is 0 Å². The van der Waals surface area contributed by atoms with E-state index >= 15 is 0 Å². The second kappa shape index (κ2) is 9.02. The number of thioether (sulfide) groups is 1. The van der Waals surface area contributed by atoms with Crippen LogP contribution in [-0.4, -0.2) is 48.2 Å². The Labute approximate surface area is 178 Å². The highest BCUT2D eigenvalue weighted by atomic mass is 32.2. The molecule has 1 spiro atoms. The first-order chi connectivity index (χ1) is 14.1. The zero-order valence-electron chi connectivity index (χ0n) is 17.3. The number of likely N-dealkylation sites (tertiary alicyclic amines) is 1. The molecule has 0 aromatic heterocycles. The molecule has 0 amide bonds. The van der Waals surface area contributed by atoms with Gasteiger partial charge in [0.25, 0.3) is 0 Å². The summed E-state index contributed by atoms with van der Waals surface area (Å²) in [5.41, 5.74) is 9.64. The van der Waals surface area contributed by atoms with Crippen LogP contribution in [0.4, 0.5) is 0 Å². The van der Waals surface area contributed by atoms with Crippen molar-refractivity contribution < 1.29 is 4.74 Å². The fourth-order valence-electron chi connectivity index (χ4n) is 4.92. The van der Waals surface area contributed by atoms with Gasteiger partial charge in [-0.05, 0) is 62.3 Å². The molecular formula is C23H32N4OS. The van der Waals surface area contributed by atoms with E-state index in [1.807, 2.05) is 18.0 Å². The number of benzene rings is 1. The Morgan fingerprint density at radius 3 is 2.69 bits per heavy atom. The van der Waals surface area contributed by atoms with E-state index in [2.05, 4.69) is 52.8 Å². The molecule has 2 aliphatic heterocycles. The fourth-order valence-corrected chi connectivity index (χ4v) is 5.95. The minimum Gasteiger partial charge on any atom is -0.381 e. The van der Waals surface area contributed by atoms with E-state index in [1.54, 1.807) is 0 Å². The van der Waals surface area contributed by atoms with Crippen molar-refractivity contribution in [2.24, 2.45) is 21.1 Å². The molecule has 0 radical (unpaired) electrons. The standard InChI is InChI=1S/C23H32N4OS/c1-17(29-19-7-13-28-14-8-19)26-16-21(25-2)27-11-9-23(10-12-27)15-18-5-3-4-6-20(18)22(23)24/h3-6,16,19,22H,2,7-15,24H2,1H3/b21-16+,26-17+/t22-/m1/s1. The van der Waals surface area contributed by atoms with Crippen molar-refractivity contribution in [3.63, 3.8) is 0 Å². The molecule has 0 bridgehead atoms. The van der Waals surface area contributed by atoms with Crippen molar-refractivity contribution in [3.8, 4) is 0 Å². The molecule has 1 aromatic carbocycles. The average Bonchev–Trinajstić information content (AvgIpc) is 3.02. The van der Waals surface area contributed by atoms with Gasteiger partial charge in [0, 0.05) is 37.6 Å². The molecule has 2 fully saturated rings. The van der Waals surface area contributed by atoms with E-state index in [9.17, 15) is 0 Å². The lowest BCUT2D eigenvalue weighted by Crippen LogP contribution is -2.43. The van der Waals surface area contributed by atoms with Crippen molar-refractivity contribution >= 4 is 23.5 Å². The molecule has 2 saturated heterocycles. The van der Waals surface area contributed by atoms with Crippen LogP contribution in [-0.2, 0) is 11.2 Å². The van der Waals surface area contributed by atoms with E-state index in [4.69, 9.17) is 10.5 Å². The lowest BCUT2D eigenvalue weighted by atomic mass is 9.73. The van der Waals surface area contributed by atoms with E-state index in [0.29, 0.717) is 5.25 Å². The molecule has 2 N–H and O–H groups in total. The number of aliphatic imine (C=N–C) groups is 2. The Morgan fingerprint density at radius 1 is 1.28 bits per heavy atom. The van der Waals surface area contributed by atoms with Crippen LogP contribution in [0.2, 0.25) is 0 Å². The highest BCUT2D eigenvalue weighted by molar-refractivity contribution is 8.14. The molecule has 1 aliphatic carbocycles. The number of nitrogens with zero attached hydrogens (tertiary/aromatic N) is 3. The first-order valence-electron chi connectivity index (χ1n) is 10.7. The second-order valence-corrected chi connectivity index (χ2v) is 9.92. The van der Waals surface area contributed by atoms with Gasteiger partial charge in [0.15, 0.2) is 0 Å². The van der Waals surface area contributed by atoms with Crippen molar-refractivity contribution in [1.82, 2.24) is 4.90 Å². The van der Waals surface area contributed by atoms with Gasteiger partial charge in [0.1, 0.15) is 5.82 Å².